The molecule has 3 heterocycles. The highest BCUT2D eigenvalue weighted by molar-refractivity contribution is 8.18. The first-order valence-corrected chi connectivity index (χ1v) is 8.71. The molecule has 0 aliphatic carbocycles. The number of thioether (sulfide) groups is 1. The van der Waals surface area contributed by atoms with E-state index in [1.165, 1.54) is 6.08 Å². The lowest BCUT2D eigenvalue weighted by atomic mass is 10.1. The molecular formula is C18H11ClN2O4S. The van der Waals surface area contributed by atoms with Crippen LogP contribution in [0, 0.1) is 0 Å². The van der Waals surface area contributed by atoms with Crippen molar-refractivity contribution in [3.05, 3.63) is 52.3 Å². The third-order valence-electron chi connectivity index (χ3n) is 3.82. The zero-order valence-electron chi connectivity index (χ0n) is 13.4. The third-order valence-corrected chi connectivity index (χ3v) is 4.93. The van der Waals surface area contributed by atoms with Crippen LogP contribution in [-0.4, -0.2) is 23.2 Å². The Hall–Kier alpha value is -2.77. The average Bonchev–Trinajstić information content (AvgIpc) is 3.16. The maximum absolute atomic E-state index is 11.7. The van der Waals surface area contributed by atoms with Gasteiger partial charge < -0.3 is 9.15 Å². The Bertz CT molecular complexity index is 1090. The second-order valence-electron chi connectivity index (χ2n) is 5.46. The molecule has 0 spiro atoms. The summed E-state index contributed by atoms with van der Waals surface area (Å²) in [5.74, 6) is 0.608. The summed E-state index contributed by atoms with van der Waals surface area (Å²) in [4.78, 5) is 27.5. The highest BCUT2D eigenvalue weighted by atomic mass is 35.5. The van der Waals surface area contributed by atoms with Crippen molar-refractivity contribution in [1.29, 1.82) is 0 Å². The van der Waals surface area contributed by atoms with E-state index in [1.807, 2.05) is 6.07 Å². The van der Waals surface area contributed by atoms with Crippen LogP contribution >= 0.6 is 23.4 Å². The molecule has 8 heteroatoms. The molecule has 2 amide bonds. The van der Waals surface area contributed by atoms with E-state index < -0.39 is 11.1 Å². The summed E-state index contributed by atoms with van der Waals surface area (Å²) in [5.41, 5.74) is 2.20. The minimum Gasteiger partial charge on any atom is -0.495 e. The van der Waals surface area contributed by atoms with Crippen LogP contribution < -0.4 is 10.1 Å². The quantitative estimate of drug-likeness (QED) is 0.668. The van der Waals surface area contributed by atoms with Gasteiger partial charge in [0.05, 0.1) is 17.0 Å². The Balaban J connectivity index is 1.79. The van der Waals surface area contributed by atoms with Crippen LogP contribution in [-0.2, 0) is 4.79 Å². The van der Waals surface area contributed by atoms with E-state index >= 15 is 0 Å². The van der Waals surface area contributed by atoms with Gasteiger partial charge in [0.15, 0.2) is 0 Å². The molecule has 3 aromatic rings. The summed E-state index contributed by atoms with van der Waals surface area (Å²) in [6.45, 7) is 0. The predicted molar refractivity (Wildman–Crippen MR) is 100 cm³/mol. The van der Waals surface area contributed by atoms with Crippen molar-refractivity contribution in [2.45, 2.75) is 0 Å². The monoisotopic (exact) mass is 386 g/mol. The zero-order chi connectivity index (χ0) is 18.3. The summed E-state index contributed by atoms with van der Waals surface area (Å²) in [6, 6.07) is 7.17. The number of nitrogens with one attached hydrogen (secondary N) is 1. The molecule has 1 aliphatic heterocycles. The molecule has 0 atom stereocenters. The Morgan fingerprint density at radius 1 is 1.27 bits per heavy atom. The second-order valence-corrected chi connectivity index (χ2v) is 6.88. The van der Waals surface area contributed by atoms with Gasteiger partial charge in [-0.2, -0.15) is 0 Å². The number of halogens is 1. The number of nitrogens with zero attached hydrogens (tertiary/aromatic N) is 1. The van der Waals surface area contributed by atoms with E-state index in [2.05, 4.69) is 10.3 Å². The standard InChI is InChI=1S/C18H11ClN2O4S/c1-24-14-3-2-9(5-13(14)19)12-8-20-7-10-4-11(25-16(10)12)6-15-17(22)21-18(23)26-15/h2-8H,1H3,(H,21,22,23). The largest absolute Gasteiger partial charge is 0.495 e. The van der Waals surface area contributed by atoms with Crippen LogP contribution in [0.4, 0.5) is 4.79 Å². The second kappa shape index (κ2) is 6.51. The number of amides is 2. The number of methoxy groups -OCH3 is 1. The molecule has 1 aromatic carbocycles. The van der Waals surface area contributed by atoms with Gasteiger partial charge in [-0.1, -0.05) is 17.7 Å². The molecule has 0 unspecified atom stereocenters. The summed E-state index contributed by atoms with van der Waals surface area (Å²) < 4.78 is 11.1. The molecular weight excluding hydrogens is 376 g/mol. The van der Waals surface area contributed by atoms with Gasteiger partial charge in [-0.05, 0) is 35.5 Å². The van der Waals surface area contributed by atoms with Gasteiger partial charge in [-0.15, -0.1) is 0 Å². The lowest BCUT2D eigenvalue weighted by Gasteiger charge is -2.06. The molecule has 1 saturated heterocycles. The van der Waals surface area contributed by atoms with Crippen molar-refractivity contribution in [3.8, 4) is 16.9 Å². The fraction of sp³-hybridized carbons (Fsp3) is 0.0556. The van der Waals surface area contributed by atoms with Crippen molar-refractivity contribution in [2.75, 3.05) is 7.11 Å². The molecule has 130 valence electrons. The van der Waals surface area contributed by atoms with E-state index in [9.17, 15) is 9.59 Å². The number of ether oxygens (including phenoxy) is 1. The van der Waals surface area contributed by atoms with Gasteiger partial charge in [-0.3, -0.25) is 19.9 Å². The fourth-order valence-electron chi connectivity index (χ4n) is 2.64. The lowest BCUT2D eigenvalue weighted by molar-refractivity contribution is -0.115. The molecule has 1 fully saturated rings. The highest BCUT2D eigenvalue weighted by Crippen LogP contribution is 2.35. The Kier molecular flexibility index (Phi) is 4.18. The molecule has 26 heavy (non-hydrogen) atoms. The summed E-state index contributed by atoms with van der Waals surface area (Å²) >= 11 is 7.05. The number of rotatable bonds is 3. The maximum atomic E-state index is 11.7. The first-order valence-electron chi connectivity index (χ1n) is 7.51. The minimum atomic E-state index is -0.430. The Labute approximate surface area is 157 Å². The van der Waals surface area contributed by atoms with Crippen molar-refractivity contribution >= 4 is 51.6 Å². The van der Waals surface area contributed by atoms with E-state index in [-0.39, 0.29) is 4.91 Å². The number of fused-ring (bicyclic) bond motifs is 1. The van der Waals surface area contributed by atoms with Gasteiger partial charge in [-0.25, -0.2) is 0 Å². The van der Waals surface area contributed by atoms with E-state index in [0.717, 1.165) is 28.3 Å². The van der Waals surface area contributed by atoms with Gasteiger partial charge in [0.2, 0.25) is 0 Å². The number of furan rings is 1. The smallest absolute Gasteiger partial charge is 0.290 e. The van der Waals surface area contributed by atoms with Crippen LogP contribution in [0.3, 0.4) is 0 Å². The van der Waals surface area contributed by atoms with E-state index in [0.29, 0.717) is 22.1 Å². The number of carbonyl (C=O) groups excluding carboxylic acids is 2. The number of carbonyl (C=O) groups is 2. The van der Waals surface area contributed by atoms with E-state index in [1.54, 1.807) is 37.7 Å². The van der Waals surface area contributed by atoms with Crippen molar-refractivity contribution in [2.24, 2.45) is 0 Å². The molecule has 0 saturated carbocycles. The normalized spacial score (nSPS) is 15.7. The maximum Gasteiger partial charge on any atom is 0.290 e. The number of imide groups is 1. The molecule has 4 rings (SSSR count). The van der Waals surface area contributed by atoms with Crippen molar-refractivity contribution in [3.63, 3.8) is 0 Å². The molecule has 0 bridgehead atoms. The Morgan fingerprint density at radius 3 is 2.81 bits per heavy atom. The van der Waals surface area contributed by atoms with Gasteiger partial charge in [0.25, 0.3) is 11.1 Å². The average molecular weight is 387 g/mol. The van der Waals surface area contributed by atoms with Gasteiger partial charge in [0.1, 0.15) is 17.1 Å². The molecule has 2 aromatic heterocycles. The first kappa shape index (κ1) is 16.7. The van der Waals surface area contributed by atoms with Crippen LogP contribution in [0.1, 0.15) is 5.76 Å². The van der Waals surface area contributed by atoms with Crippen LogP contribution in [0.25, 0.3) is 28.2 Å². The molecule has 1 N–H and O–H groups in total. The Morgan fingerprint density at radius 2 is 2.12 bits per heavy atom. The number of aromatic nitrogens is 1. The third kappa shape index (κ3) is 2.95. The SMILES string of the molecule is COc1ccc(-c2cncc3cc(C=C4SC(=O)NC4=O)oc23)cc1Cl. The van der Waals surface area contributed by atoms with E-state index in [4.69, 9.17) is 20.8 Å². The van der Waals surface area contributed by atoms with Crippen molar-refractivity contribution in [1.82, 2.24) is 10.3 Å². The minimum absolute atomic E-state index is 0.288. The van der Waals surface area contributed by atoms with Crippen molar-refractivity contribution < 1.29 is 18.7 Å². The van der Waals surface area contributed by atoms with Crippen LogP contribution in [0.15, 0.2) is 46.0 Å². The first-order chi connectivity index (χ1) is 12.5. The number of benzene rings is 1. The van der Waals surface area contributed by atoms with Gasteiger partial charge >= 0.3 is 0 Å². The lowest BCUT2D eigenvalue weighted by Crippen LogP contribution is -2.17. The summed E-state index contributed by atoms with van der Waals surface area (Å²) in [5, 5.41) is 3.07. The molecule has 6 nitrogen and oxygen atoms in total. The number of pyridine rings is 1. The van der Waals surface area contributed by atoms with Crippen LogP contribution in [0.5, 0.6) is 5.75 Å². The van der Waals surface area contributed by atoms with Gasteiger partial charge in [0, 0.05) is 29.4 Å². The number of hydrogen-bond acceptors (Lipinski definition) is 6. The van der Waals surface area contributed by atoms with Crippen LogP contribution in [0.2, 0.25) is 5.02 Å². The number of hydrogen-bond donors (Lipinski definition) is 1. The molecule has 1 aliphatic rings. The topological polar surface area (TPSA) is 81.4 Å². The highest BCUT2D eigenvalue weighted by Gasteiger charge is 2.25. The fourth-order valence-corrected chi connectivity index (χ4v) is 3.56. The predicted octanol–water partition coefficient (Wildman–Crippen LogP) is 4.48. The zero-order valence-corrected chi connectivity index (χ0v) is 15.0. The summed E-state index contributed by atoms with van der Waals surface area (Å²) in [6.07, 6.45) is 4.89. The molecule has 0 radical (unpaired) electrons. The summed E-state index contributed by atoms with van der Waals surface area (Å²) in [7, 11) is 1.55.